The van der Waals surface area contributed by atoms with E-state index in [2.05, 4.69) is 10.1 Å². The molecule has 8 heteroatoms. The fourth-order valence-corrected chi connectivity index (χ4v) is 2.18. The second-order valence-corrected chi connectivity index (χ2v) is 6.71. The van der Waals surface area contributed by atoms with Gasteiger partial charge in [0.15, 0.2) is 5.15 Å². The van der Waals surface area contributed by atoms with Gasteiger partial charge in [-0.05, 0) is 11.8 Å². The summed E-state index contributed by atoms with van der Waals surface area (Å²) in [5, 5.41) is 13.5. The molecule has 0 aliphatic rings. The van der Waals surface area contributed by atoms with Crippen molar-refractivity contribution < 1.29 is 14.3 Å². The summed E-state index contributed by atoms with van der Waals surface area (Å²) in [6.07, 6.45) is 3.48. The van der Waals surface area contributed by atoms with Crippen LogP contribution in [0, 0.1) is 11.2 Å². The summed E-state index contributed by atoms with van der Waals surface area (Å²) in [7, 11) is 0. The topological polar surface area (TPSA) is 71.2 Å². The molecule has 0 atom stereocenters. The van der Waals surface area contributed by atoms with E-state index in [0.29, 0.717) is 12.1 Å². The van der Waals surface area contributed by atoms with Gasteiger partial charge >= 0.3 is 6.09 Å². The van der Waals surface area contributed by atoms with Crippen LogP contribution in [0.25, 0.3) is 5.69 Å². The third-order valence-electron chi connectivity index (χ3n) is 3.21. The molecule has 0 aliphatic carbocycles. The molecule has 0 aliphatic heterocycles. The van der Waals surface area contributed by atoms with Crippen molar-refractivity contribution in [2.24, 2.45) is 5.41 Å². The summed E-state index contributed by atoms with van der Waals surface area (Å²) in [5.74, 6) is -0.515. The molecule has 0 aromatic carbocycles. The van der Waals surface area contributed by atoms with Gasteiger partial charge in [-0.1, -0.05) is 32.4 Å². The molecule has 2 rings (SSSR count). The zero-order chi connectivity index (χ0) is 17.2. The summed E-state index contributed by atoms with van der Waals surface area (Å²) < 4.78 is 14.6. The molecule has 0 saturated carbocycles. The molecule has 2 heterocycles. The van der Waals surface area contributed by atoms with Gasteiger partial charge in [0.25, 0.3) is 0 Å². The monoisotopic (exact) mass is 340 g/mol. The van der Waals surface area contributed by atoms with Crippen LogP contribution in [-0.2, 0) is 0 Å². The van der Waals surface area contributed by atoms with Crippen LogP contribution in [0.2, 0.25) is 5.15 Å². The van der Waals surface area contributed by atoms with Crippen LogP contribution < -0.4 is 4.90 Å². The minimum atomic E-state index is -1.12. The van der Waals surface area contributed by atoms with Crippen molar-refractivity contribution in [3.63, 3.8) is 0 Å². The smallest absolute Gasteiger partial charge is 0.411 e. The second kappa shape index (κ2) is 6.54. The summed E-state index contributed by atoms with van der Waals surface area (Å²) in [6.45, 7) is 6.36. The number of pyridine rings is 1. The highest BCUT2D eigenvalue weighted by Crippen LogP contribution is 2.28. The Morgan fingerprint density at radius 3 is 2.70 bits per heavy atom. The molecule has 0 saturated heterocycles. The highest BCUT2D eigenvalue weighted by atomic mass is 35.5. The molecular formula is C15H18ClFN4O2. The molecule has 0 bridgehead atoms. The Hall–Kier alpha value is -2.15. The lowest BCUT2D eigenvalue weighted by atomic mass is 9.92. The van der Waals surface area contributed by atoms with Crippen molar-refractivity contribution in [1.29, 1.82) is 0 Å². The molecule has 0 unspecified atom stereocenters. The number of aromatic nitrogens is 3. The number of rotatable bonds is 4. The Balaban J connectivity index is 2.32. The van der Waals surface area contributed by atoms with Crippen molar-refractivity contribution >= 4 is 23.4 Å². The van der Waals surface area contributed by atoms with Crippen LogP contribution in [0.15, 0.2) is 24.7 Å². The lowest BCUT2D eigenvalue weighted by Crippen LogP contribution is -2.32. The Morgan fingerprint density at radius 2 is 2.13 bits per heavy atom. The molecule has 0 radical (unpaired) electrons. The highest BCUT2D eigenvalue weighted by molar-refractivity contribution is 6.32. The van der Waals surface area contributed by atoms with Gasteiger partial charge < -0.3 is 5.11 Å². The first-order chi connectivity index (χ1) is 10.7. The molecule has 0 fully saturated rings. The van der Waals surface area contributed by atoms with Crippen LogP contribution in [0.1, 0.15) is 27.2 Å². The van der Waals surface area contributed by atoms with E-state index < -0.39 is 11.9 Å². The molecule has 23 heavy (non-hydrogen) atoms. The Labute approximate surface area is 138 Å². The average molecular weight is 341 g/mol. The van der Waals surface area contributed by atoms with E-state index in [1.165, 1.54) is 23.1 Å². The molecule has 2 aromatic rings. The van der Waals surface area contributed by atoms with Crippen LogP contribution >= 0.6 is 11.6 Å². The molecule has 6 nitrogen and oxygen atoms in total. The van der Waals surface area contributed by atoms with Gasteiger partial charge in [-0.15, -0.1) is 0 Å². The van der Waals surface area contributed by atoms with Gasteiger partial charge in [0.2, 0.25) is 0 Å². The van der Waals surface area contributed by atoms with Gasteiger partial charge in [-0.3, -0.25) is 9.88 Å². The normalized spacial score (nSPS) is 11.5. The molecular weight excluding hydrogens is 323 g/mol. The maximum absolute atomic E-state index is 13.3. The van der Waals surface area contributed by atoms with Crippen molar-refractivity contribution in [3.05, 3.63) is 35.6 Å². The maximum atomic E-state index is 13.3. The van der Waals surface area contributed by atoms with E-state index in [-0.39, 0.29) is 22.8 Å². The molecule has 1 N–H and O–H groups in total. The predicted octanol–water partition coefficient (Wildman–Crippen LogP) is 3.98. The zero-order valence-electron chi connectivity index (χ0n) is 13.1. The predicted molar refractivity (Wildman–Crippen MR) is 85.8 cm³/mol. The number of hydrogen-bond acceptors (Lipinski definition) is 3. The SMILES string of the molecule is CC(C)(C)CCN(C(=O)O)c1cn(-c2cncc(F)c2)nc1Cl. The number of anilines is 1. The Kier molecular flexibility index (Phi) is 4.89. The van der Waals surface area contributed by atoms with E-state index >= 15 is 0 Å². The quantitative estimate of drug-likeness (QED) is 0.913. The molecule has 1 amide bonds. The Morgan fingerprint density at radius 1 is 1.43 bits per heavy atom. The van der Waals surface area contributed by atoms with Crippen LogP contribution in [0.3, 0.4) is 0 Å². The largest absolute Gasteiger partial charge is 0.465 e. The van der Waals surface area contributed by atoms with E-state index in [9.17, 15) is 14.3 Å². The average Bonchev–Trinajstić information content (AvgIpc) is 2.79. The van der Waals surface area contributed by atoms with Gasteiger partial charge in [-0.2, -0.15) is 5.10 Å². The third kappa shape index (κ3) is 4.41. The standard InChI is InChI=1S/C15H18ClFN4O2/c1-15(2,3)4-5-20(14(22)23)12-9-21(19-13(12)16)11-6-10(17)7-18-8-11/h6-9H,4-5H2,1-3H3,(H,22,23). The fraction of sp³-hybridized carbons (Fsp3) is 0.400. The molecule has 124 valence electrons. The van der Waals surface area contributed by atoms with Gasteiger partial charge in [-0.25, -0.2) is 13.9 Å². The first-order valence-electron chi connectivity index (χ1n) is 7.04. The summed E-state index contributed by atoms with van der Waals surface area (Å²) in [5.41, 5.74) is 0.592. The number of amides is 1. The number of carbonyl (C=O) groups is 1. The zero-order valence-corrected chi connectivity index (χ0v) is 13.9. The summed E-state index contributed by atoms with van der Waals surface area (Å²) in [4.78, 5) is 16.4. The summed E-state index contributed by atoms with van der Waals surface area (Å²) >= 11 is 6.07. The van der Waals surface area contributed by atoms with Gasteiger partial charge in [0, 0.05) is 12.6 Å². The number of nitrogens with zero attached hydrogens (tertiary/aromatic N) is 4. The second-order valence-electron chi connectivity index (χ2n) is 6.36. The summed E-state index contributed by atoms with van der Waals surface area (Å²) in [6, 6.07) is 1.24. The van der Waals surface area contributed by atoms with E-state index in [1.807, 2.05) is 20.8 Å². The van der Waals surface area contributed by atoms with Crippen molar-refractivity contribution in [2.75, 3.05) is 11.4 Å². The third-order valence-corrected chi connectivity index (χ3v) is 3.48. The Bertz CT molecular complexity index is 712. The van der Waals surface area contributed by atoms with Crippen molar-refractivity contribution in [2.45, 2.75) is 27.2 Å². The lowest BCUT2D eigenvalue weighted by Gasteiger charge is -2.23. The first-order valence-corrected chi connectivity index (χ1v) is 7.42. The van der Waals surface area contributed by atoms with Crippen molar-refractivity contribution in [1.82, 2.24) is 14.8 Å². The van der Waals surface area contributed by atoms with E-state index in [4.69, 9.17) is 11.6 Å². The molecule has 2 aromatic heterocycles. The minimum Gasteiger partial charge on any atom is -0.465 e. The van der Waals surface area contributed by atoms with E-state index in [1.54, 1.807) is 0 Å². The van der Waals surface area contributed by atoms with Gasteiger partial charge in [0.05, 0.1) is 24.3 Å². The number of carboxylic acid groups (broad SMARTS) is 1. The number of halogens is 2. The van der Waals surface area contributed by atoms with Crippen molar-refractivity contribution in [3.8, 4) is 5.69 Å². The van der Waals surface area contributed by atoms with Crippen LogP contribution in [0.5, 0.6) is 0 Å². The molecule has 0 spiro atoms. The van der Waals surface area contributed by atoms with Crippen LogP contribution in [-0.4, -0.2) is 32.5 Å². The first kappa shape index (κ1) is 17.2. The number of hydrogen-bond donors (Lipinski definition) is 1. The fourth-order valence-electron chi connectivity index (χ4n) is 1.95. The van der Waals surface area contributed by atoms with Gasteiger partial charge in [0.1, 0.15) is 11.5 Å². The highest BCUT2D eigenvalue weighted by Gasteiger charge is 2.23. The minimum absolute atomic E-state index is 0.0251. The lowest BCUT2D eigenvalue weighted by molar-refractivity contribution is 0.200. The van der Waals surface area contributed by atoms with E-state index in [0.717, 1.165) is 11.1 Å². The maximum Gasteiger partial charge on any atom is 0.411 e. The van der Waals surface area contributed by atoms with Crippen LogP contribution in [0.4, 0.5) is 14.9 Å².